The van der Waals surface area contributed by atoms with Crippen molar-refractivity contribution in [3.05, 3.63) is 60.3 Å². The molecule has 1 atom stereocenters. The van der Waals surface area contributed by atoms with Crippen LogP contribution in [0, 0.1) is 0 Å². The molecule has 20 heavy (non-hydrogen) atoms. The molecule has 0 aliphatic rings. The van der Waals surface area contributed by atoms with Crippen molar-refractivity contribution in [3.8, 4) is 0 Å². The minimum atomic E-state index is -3.72. The minimum absolute atomic E-state index is 0.0659. The Morgan fingerprint density at radius 1 is 1.15 bits per heavy atom. The molecule has 0 amide bonds. The summed E-state index contributed by atoms with van der Waals surface area (Å²) in [7, 11) is -3.72. The molecule has 2 aromatic rings. The predicted molar refractivity (Wildman–Crippen MR) is 75.4 cm³/mol. The van der Waals surface area contributed by atoms with Crippen LogP contribution in [-0.4, -0.2) is 25.1 Å². The molecule has 1 aromatic carbocycles. The second kappa shape index (κ2) is 5.70. The summed E-state index contributed by atoms with van der Waals surface area (Å²) >= 11 is 0. The highest BCUT2D eigenvalue weighted by Crippen LogP contribution is 2.19. The molecule has 0 fully saturated rings. The fourth-order valence-corrected chi connectivity index (χ4v) is 2.79. The van der Waals surface area contributed by atoms with E-state index in [0.29, 0.717) is 5.56 Å². The van der Waals surface area contributed by atoms with Crippen LogP contribution >= 0.6 is 0 Å². The third-order valence-electron chi connectivity index (χ3n) is 2.92. The maximum atomic E-state index is 12.0. The van der Waals surface area contributed by atoms with Gasteiger partial charge in [0.1, 0.15) is 5.60 Å². The first-order valence-corrected chi connectivity index (χ1v) is 7.59. The number of pyridine rings is 1. The zero-order chi connectivity index (χ0) is 14.6. The Kier molecular flexibility index (Phi) is 4.17. The van der Waals surface area contributed by atoms with Crippen molar-refractivity contribution in [3.63, 3.8) is 0 Å². The summed E-state index contributed by atoms with van der Waals surface area (Å²) in [6.07, 6.45) is 1.41. The Bertz CT molecular complexity index is 655. The van der Waals surface area contributed by atoms with E-state index in [4.69, 9.17) is 0 Å². The maximum Gasteiger partial charge on any atom is 0.258 e. The van der Waals surface area contributed by atoms with Gasteiger partial charge in [-0.05, 0) is 24.6 Å². The van der Waals surface area contributed by atoms with Crippen LogP contribution in [0.3, 0.4) is 0 Å². The Morgan fingerprint density at radius 2 is 1.80 bits per heavy atom. The van der Waals surface area contributed by atoms with Crippen molar-refractivity contribution >= 4 is 10.0 Å². The average molecular weight is 292 g/mol. The largest absolute Gasteiger partial charge is 0.384 e. The summed E-state index contributed by atoms with van der Waals surface area (Å²) in [5.41, 5.74) is -0.646. The fourth-order valence-electron chi connectivity index (χ4n) is 1.71. The second-order valence-electron chi connectivity index (χ2n) is 4.63. The van der Waals surface area contributed by atoms with E-state index in [0.717, 1.165) is 0 Å². The van der Waals surface area contributed by atoms with Gasteiger partial charge in [-0.15, -0.1) is 0 Å². The van der Waals surface area contributed by atoms with Crippen molar-refractivity contribution in [2.75, 3.05) is 6.54 Å². The highest BCUT2D eigenvalue weighted by molar-refractivity contribution is 7.89. The topological polar surface area (TPSA) is 79.3 Å². The summed E-state index contributed by atoms with van der Waals surface area (Å²) in [4.78, 5) is 3.79. The standard InChI is InChI=1S/C14H16N2O3S/c1-14(17,12-7-3-2-4-8-12)11-16-20(18,19)13-9-5-6-10-15-13/h2-10,16-17H,11H2,1H3. The van der Waals surface area contributed by atoms with Gasteiger partial charge in [0, 0.05) is 12.7 Å². The lowest BCUT2D eigenvalue weighted by Crippen LogP contribution is -2.38. The van der Waals surface area contributed by atoms with E-state index in [9.17, 15) is 13.5 Å². The molecule has 1 unspecified atom stereocenters. The number of rotatable bonds is 5. The zero-order valence-corrected chi connectivity index (χ0v) is 11.8. The van der Waals surface area contributed by atoms with Gasteiger partial charge in [0.25, 0.3) is 10.0 Å². The summed E-state index contributed by atoms with van der Waals surface area (Å²) in [5.74, 6) is 0. The molecule has 1 aromatic heterocycles. The number of aromatic nitrogens is 1. The monoisotopic (exact) mass is 292 g/mol. The highest BCUT2D eigenvalue weighted by Gasteiger charge is 2.26. The lowest BCUT2D eigenvalue weighted by atomic mass is 9.97. The van der Waals surface area contributed by atoms with Crippen molar-refractivity contribution in [1.82, 2.24) is 9.71 Å². The van der Waals surface area contributed by atoms with Crippen LogP contribution in [0.4, 0.5) is 0 Å². The number of benzene rings is 1. The Morgan fingerprint density at radius 3 is 2.40 bits per heavy atom. The Labute approximate surface area is 118 Å². The van der Waals surface area contributed by atoms with Crippen LogP contribution in [0.25, 0.3) is 0 Å². The van der Waals surface area contributed by atoms with Crippen molar-refractivity contribution in [1.29, 1.82) is 0 Å². The lowest BCUT2D eigenvalue weighted by Gasteiger charge is -2.24. The van der Waals surface area contributed by atoms with E-state index >= 15 is 0 Å². The number of nitrogens with zero attached hydrogens (tertiary/aromatic N) is 1. The molecule has 2 rings (SSSR count). The first-order valence-electron chi connectivity index (χ1n) is 6.10. The smallest absolute Gasteiger partial charge is 0.258 e. The van der Waals surface area contributed by atoms with Gasteiger partial charge < -0.3 is 5.11 Å². The van der Waals surface area contributed by atoms with Gasteiger partial charge in [-0.1, -0.05) is 36.4 Å². The van der Waals surface area contributed by atoms with Gasteiger partial charge in [0.15, 0.2) is 5.03 Å². The SMILES string of the molecule is CC(O)(CNS(=O)(=O)c1ccccn1)c1ccccc1. The van der Waals surface area contributed by atoms with Crippen molar-refractivity contribution < 1.29 is 13.5 Å². The van der Waals surface area contributed by atoms with Gasteiger partial charge >= 0.3 is 0 Å². The van der Waals surface area contributed by atoms with Crippen molar-refractivity contribution in [2.45, 2.75) is 17.6 Å². The first-order chi connectivity index (χ1) is 9.42. The number of aliphatic hydroxyl groups is 1. The number of hydrogen-bond donors (Lipinski definition) is 2. The summed E-state index contributed by atoms with van der Waals surface area (Å²) in [5, 5.41) is 10.3. The summed E-state index contributed by atoms with van der Waals surface area (Å²) in [6.45, 7) is 1.43. The zero-order valence-electron chi connectivity index (χ0n) is 11.0. The molecule has 0 saturated carbocycles. The third kappa shape index (κ3) is 3.41. The van der Waals surface area contributed by atoms with Gasteiger partial charge in [-0.3, -0.25) is 0 Å². The Hall–Kier alpha value is -1.76. The quantitative estimate of drug-likeness (QED) is 0.869. The molecule has 106 valence electrons. The highest BCUT2D eigenvalue weighted by atomic mass is 32.2. The fraction of sp³-hybridized carbons (Fsp3) is 0.214. The number of hydrogen-bond acceptors (Lipinski definition) is 4. The lowest BCUT2D eigenvalue weighted by molar-refractivity contribution is 0.0627. The predicted octanol–water partition coefficient (Wildman–Crippen LogP) is 1.27. The second-order valence-corrected chi connectivity index (χ2v) is 6.35. The molecule has 5 nitrogen and oxygen atoms in total. The van der Waals surface area contributed by atoms with E-state index in [1.807, 2.05) is 6.07 Å². The summed E-state index contributed by atoms with van der Waals surface area (Å²) < 4.78 is 26.4. The van der Waals surface area contributed by atoms with E-state index in [1.54, 1.807) is 43.3 Å². The normalized spacial score (nSPS) is 14.7. The number of nitrogens with one attached hydrogen (secondary N) is 1. The number of sulfonamides is 1. The molecule has 0 aliphatic carbocycles. The molecule has 0 aliphatic heterocycles. The molecule has 6 heteroatoms. The van der Waals surface area contributed by atoms with Crippen LogP contribution in [0.15, 0.2) is 59.8 Å². The van der Waals surface area contributed by atoms with E-state index in [2.05, 4.69) is 9.71 Å². The first kappa shape index (κ1) is 14.6. The van der Waals surface area contributed by atoms with E-state index < -0.39 is 15.6 Å². The molecular formula is C14H16N2O3S. The third-order valence-corrected chi connectivity index (χ3v) is 4.23. The van der Waals surface area contributed by atoms with Crippen LogP contribution in [-0.2, 0) is 15.6 Å². The molecule has 0 spiro atoms. The molecule has 0 bridgehead atoms. The molecule has 1 heterocycles. The van der Waals surface area contributed by atoms with Crippen LogP contribution in [0.1, 0.15) is 12.5 Å². The summed E-state index contributed by atoms with van der Waals surface area (Å²) in [6, 6.07) is 13.5. The van der Waals surface area contributed by atoms with Gasteiger partial charge in [0.2, 0.25) is 0 Å². The molecule has 0 radical (unpaired) electrons. The van der Waals surface area contributed by atoms with Crippen molar-refractivity contribution in [2.24, 2.45) is 0 Å². The average Bonchev–Trinajstić information content (AvgIpc) is 2.47. The molecule has 2 N–H and O–H groups in total. The van der Waals surface area contributed by atoms with E-state index in [-0.39, 0.29) is 11.6 Å². The van der Waals surface area contributed by atoms with Gasteiger partial charge in [-0.25, -0.2) is 18.1 Å². The van der Waals surface area contributed by atoms with Gasteiger partial charge in [0.05, 0.1) is 0 Å². The van der Waals surface area contributed by atoms with E-state index in [1.165, 1.54) is 12.3 Å². The van der Waals surface area contributed by atoms with Crippen LogP contribution in [0.5, 0.6) is 0 Å². The van der Waals surface area contributed by atoms with Crippen LogP contribution in [0.2, 0.25) is 0 Å². The van der Waals surface area contributed by atoms with Crippen LogP contribution < -0.4 is 4.72 Å². The maximum absolute atomic E-state index is 12.0. The Balaban J connectivity index is 2.12. The van der Waals surface area contributed by atoms with Gasteiger partial charge in [-0.2, -0.15) is 0 Å². The minimum Gasteiger partial charge on any atom is -0.384 e. The molecule has 0 saturated heterocycles. The molecular weight excluding hydrogens is 276 g/mol.